The Hall–Kier alpha value is -1.32. The van der Waals surface area contributed by atoms with E-state index in [1.54, 1.807) is 13.3 Å². The molecule has 13 heavy (non-hydrogen) atoms. The minimum Gasteiger partial charge on any atom is -0.478 e. The van der Waals surface area contributed by atoms with E-state index in [0.29, 0.717) is 17.6 Å². The van der Waals surface area contributed by atoms with Crippen molar-refractivity contribution in [2.75, 3.05) is 12.8 Å². The highest BCUT2D eigenvalue weighted by molar-refractivity contribution is 5.39. The van der Waals surface area contributed by atoms with Crippen molar-refractivity contribution in [1.29, 1.82) is 0 Å². The Kier molecular flexibility index (Phi) is 3.06. The van der Waals surface area contributed by atoms with Crippen LogP contribution in [0.15, 0.2) is 6.20 Å². The van der Waals surface area contributed by atoms with Gasteiger partial charge in [0.2, 0.25) is 0 Å². The average Bonchev–Trinajstić information content (AvgIpc) is 2.07. The quantitative estimate of drug-likeness (QED) is 0.762. The van der Waals surface area contributed by atoms with E-state index in [1.165, 1.54) is 0 Å². The summed E-state index contributed by atoms with van der Waals surface area (Å²) in [7, 11) is 1.54. The zero-order chi connectivity index (χ0) is 9.84. The second-order valence-electron chi connectivity index (χ2n) is 3.35. The van der Waals surface area contributed by atoms with Crippen LogP contribution >= 0.6 is 0 Å². The van der Waals surface area contributed by atoms with Gasteiger partial charge in [0.25, 0.3) is 5.88 Å². The van der Waals surface area contributed by atoms with E-state index in [0.717, 1.165) is 12.1 Å². The van der Waals surface area contributed by atoms with Crippen LogP contribution in [0.4, 0.5) is 5.82 Å². The van der Waals surface area contributed by atoms with Crippen molar-refractivity contribution in [3.63, 3.8) is 0 Å². The number of rotatable bonds is 3. The molecule has 0 aliphatic carbocycles. The minimum atomic E-state index is 0.343. The van der Waals surface area contributed by atoms with Crippen LogP contribution in [-0.2, 0) is 6.42 Å². The maximum Gasteiger partial charge on any atom is 0.257 e. The summed E-state index contributed by atoms with van der Waals surface area (Å²) in [4.78, 5) is 8.21. The molecule has 0 aromatic carbocycles. The molecule has 0 radical (unpaired) electrons. The molecular weight excluding hydrogens is 166 g/mol. The molecule has 0 bridgehead atoms. The third kappa shape index (κ3) is 2.57. The molecule has 0 aliphatic rings. The van der Waals surface area contributed by atoms with Gasteiger partial charge in [-0.2, -0.15) is 0 Å². The molecule has 72 valence electrons. The van der Waals surface area contributed by atoms with Crippen molar-refractivity contribution in [2.45, 2.75) is 20.3 Å². The molecule has 1 aromatic rings. The fourth-order valence-corrected chi connectivity index (χ4v) is 1.08. The largest absolute Gasteiger partial charge is 0.478 e. The van der Waals surface area contributed by atoms with Crippen molar-refractivity contribution in [3.8, 4) is 5.88 Å². The molecule has 0 unspecified atom stereocenters. The minimum absolute atomic E-state index is 0.343. The number of hydrogen-bond donors (Lipinski definition) is 1. The number of nitrogen functional groups attached to an aromatic ring is 1. The summed E-state index contributed by atoms with van der Waals surface area (Å²) in [6.07, 6.45) is 2.58. The molecule has 1 rings (SSSR count). The van der Waals surface area contributed by atoms with Crippen LogP contribution in [0.5, 0.6) is 5.88 Å². The summed E-state index contributed by atoms with van der Waals surface area (Å²) in [5, 5.41) is 0. The highest BCUT2D eigenvalue weighted by Crippen LogP contribution is 2.15. The van der Waals surface area contributed by atoms with Gasteiger partial charge in [0.05, 0.1) is 19.0 Å². The summed E-state index contributed by atoms with van der Waals surface area (Å²) in [5.41, 5.74) is 6.45. The number of anilines is 1. The van der Waals surface area contributed by atoms with Gasteiger partial charge in [0.15, 0.2) is 5.82 Å². The fraction of sp³-hybridized carbons (Fsp3) is 0.556. The predicted octanol–water partition coefficient (Wildman–Crippen LogP) is 1.27. The lowest BCUT2D eigenvalue weighted by Crippen LogP contribution is -2.03. The SMILES string of the molecule is COc1nc(CC(C)C)cnc1N. The molecular formula is C9H15N3O. The Morgan fingerprint density at radius 3 is 2.77 bits per heavy atom. The molecule has 0 saturated carbocycles. The first-order chi connectivity index (χ1) is 6.13. The van der Waals surface area contributed by atoms with Gasteiger partial charge in [-0.15, -0.1) is 0 Å². The Morgan fingerprint density at radius 2 is 2.23 bits per heavy atom. The molecule has 0 saturated heterocycles. The third-order valence-electron chi connectivity index (χ3n) is 1.63. The first-order valence-electron chi connectivity index (χ1n) is 4.29. The van der Waals surface area contributed by atoms with Gasteiger partial charge in [0.1, 0.15) is 0 Å². The zero-order valence-electron chi connectivity index (χ0n) is 8.24. The van der Waals surface area contributed by atoms with E-state index in [2.05, 4.69) is 23.8 Å². The highest BCUT2D eigenvalue weighted by Gasteiger charge is 2.05. The van der Waals surface area contributed by atoms with Crippen LogP contribution in [-0.4, -0.2) is 17.1 Å². The first-order valence-corrected chi connectivity index (χ1v) is 4.29. The molecule has 0 atom stereocenters. The standard InChI is InChI=1S/C9H15N3O/c1-6(2)4-7-5-11-8(10)9(12-7)13-3/h5-6H,4H2,1-3H3,(H2,10,11). The first kappa shape index (κ1) is 9.77. The predicted molar refractivity (Wildman–Crippen MR) is 51.5 cm³/mol. The number of hydrogen-bond acceptors (Lipinski definition) is 4. The van der Waals surface area contributed by atoms with Crippen molar-refractivity contribution in [3.05, 3.63) is 11.9 Å². The number of nitrogens with two attached hydrogens (primary N) is 1. The van der Waals surface area contributed by atoms with Crippen LogP contribution in [0.1, 0.15) is 19.5 Å². The fourth-order valence-electron chi connectivity index (χ4n) is 1.08. The van der Waals surface area contributed by atoms with Gasteiger partial charge in [-0.25, -0.2) is 9.97 Å². The maximum absolute atomic E-state index is 5.53. The summed E-state index contributed by atoms with van der Waals surface area (Å²) in [6.45, 7) is 4.26. The molecule has 0 fully saturated rings. The van der Waals surface area contributed by atoms with E-state index in [1.807, 2.05) is 0 Å². The van der Waals surface area contributed by atoms with Gasteiger partial charge in [-0.3, -0.25) is 0 Å². The Bertz CT molecular complexity index is 286. The Morgan fingerprint density at radius 1 is 1.54 bits per heavy atom. The van der Waals surface area contributed by atoms with Crippen LogP contribution < -0.4 is 10.5 Å². The van der Waals surface area contributed by atoms with Crippen LogP contribution in [0.3, 0.4) is 0 Å². The monoisotopic (exact) mass is 181 g/mol. The highest BCUT2D eigenvalue weighted by atomic mass is 16.5. The van der Waals surface area contributed by atoms with E-state index >= 15 is 0 Å². The molecule has 0 aliphatic heterocycles. The average molecular weight is 181 g/mol. The number of methoxy groups -OCH3 is 1. The Balaban J connectivity index is 2.86. The van der Waals surface area contributed by atoms with Gasteiger partial charge < -0.3 is 10.5 Å². The Labute approximate surface area is 78.1 Å². The number of aromatic nitrogens is 2. The number of ether oxygens (including phenoxy) is 1. The molecule has 1 aromatic heterocycles. The topological polar surface area (TPSA) is 61.0 Å². The molecule has 2 N–H and O–H groups in total. The van der Waals surface area contributed by atoms with Crippen LogP contribution in [0, 0.1) is 5.92 Å². The summed E-state index contributed by atoms with van der Waals surface area (Å²) >= 11 is 0. The van der Waals surface area contributed by atoms with E-state index in [-0.39, 0.29) is 0 Å². The van der Waals surface area contributed by atoms with Gasteiger partial charge >= 0.3 is 0 Å². The smallest absolute Gasteiger partial charge is 0.257 e. The normalized spacial score (nSPS) is 10.5. The summed E-state index contributed by atoms with van der Waals surface area (Å²) < 4.78 is 4.97. The molecule has 0 spiro atoms. The summed E-state index contributed by atoms with van der Waals surface area (Å²) in [5.74, 6) is 1.32. The second kappa shape index (κ2) is 4.07. The molecule has 4 heteroatoms. The van der Waals surface area contributed by atoms with Crippen molar-refractivity contribution in [1.82, 2.24) is 9.97 Å². The summed E-state index contributed by atoms with van der Waals surface area (Å²) in [6, 6.07) is 0. The lowest BCUT2D eigenvalue weighted by atomic mass is 10.1. The second-order valence-corrected chi connectivity index (χ2v) is 3.35. The van der Waals surface area contributed by atoms with Gasteiger partial charge in [-0.1, -0.05) is 13.8 Å². The molecule has 0 amide bonds. The van der Waals surface area contributed by atoms with Crippen molar-refractivity contribution >= 4 is 5.82 Å². The lowest BCUT2D eigenvalue weighted by molar-refractivity contribution is 0.395. The van der Waals surface area contributed by atoms with E-state index in [4.69, 9.17) is 10.5 Å². The van der Waals surface area contributed by atoms with E-state index < -0.39 is 0 Å². The van der Waals surface area contributed by atoms with Crippen molar-refractivity contribution < 1.29 is 4.74 Å². The molecule has 1 heterocycles. The van der Waals surface area contributed by atoms with Gasteiger partial charge in [0, 0.05) is 0 Å². The van der Waals surface area contributed by atoms with E-state index in [9.17, 15) is 0 Å². The van der Waals surface area contributed by atoms with Gasteiger partial charge in [-0.05, 0) is 12.3 Å². The lowest BCUT2D eigenvalue weighted by Gasteiger charge is -2.06. The maximum atomic E-state index is 5.53. The van der Waals surface area contributed by atoms with Crippen LogP contribution in [0.2, 0.25) is 0 Å². The number of nitrogens with zero attached hydrogens (tertiary/aromatic N) is 2. The van der Waals surface area contributed by atoms with Crippen molar-refractivity contribution in [2.24, 2.45) is 5.92 Å². The zero-order valence-corrected chi connectivity index (χ0v) is 8.24. The van der Waals surface area contributed by atoms with Crippen LogP contribution in [0.25, 0.3) is 0 Å². The molecule has 4 nitrogen and oxygen atoms in total. The third-order valence-corrected chi connectivity index (χ3v) is 1.63.